The van der Waals surface area contributed by atoms with Gasteiger partial charge in [-0.2, -0.15) is 10.2 Å². The van der Waals surface area contributed by atoms with E-state index < -0.39 is 0 Å². The maximum absolute atomic E-state index is 5.19. The molecule has 1 aromatic rings. The van der Waals surface area contributed by atoms with Crippen molar-refractivity contribution in [2.75, 3.05) is 7.11 Å². The minimum absolute atomic E-state index is 0.246. The van der Waals surface area contributed by atoms with Crippen molar-refractivity contribution in [1.82, 2.24) is 10.2 Å². The molecule has 13 heavy (non-hydrogen) atoms. The van der Waals surface area contributed by atoms with E-state index in [1.165, 1.54) is 0 Å². The summed E-state index contributed by atoms with van der Waals surface area (Å²) in [6.45, 7) is 6.56. The predicted molar refractivity (Wildman–Crippen MR) is 51.7 cm³/mol. The van der Waals surface area contributed by atoms with E-state index in [-0.39, 0.29) is 5.41 Å². The second-order valence-electron chi connectivity index (χ2n) is 4.32. The Morgan fingerprint density at radius 1 is 1.23 bits per heavy atom. The number of nitrogens with zero attached hydrogens (tertiary/aromatic N) is 2. The first-order valence-electron chi connectivity index (χ1n) is 4.36. The average Bonchev–Trinajstić information content (AvgIpc) is 2.02. The summed E-state index contributed by atoms with van der Waals surface area (Å²) in [7, 11) is 1.66. The van der Waals surface area contributed by atoms with Gasteiger partial charge in [-0.1, -0.05) is 20.8 Å². The number of hydrogen-bond donors (Lipinski definition) is 0. The minimum Gasteiger partial charge on any atom is -0.495 e. The number of methoxy groups -OCH3 is 1. The van der Waals surface area contributed by atoms with Crippen molar-refractivity contribution < 1.29 is 4.74 Å². The van der Waals surface area contributed by atoms with Gasteiger partial charge in [-0.05, 0) is 11.8 Å². The molecule has 3 nitrogen and oxygen atoms in total. The molecule has 0 aliphatic carbocycles. The number of aromatic nitrogens is 2. The zero-order chi connectivity index (χ0) is 9.90. The molecule has 3 heteroatoms. The van der Waals surface area contributed by atoms with E-state index in [4.69, 9.17) is 4.74 Å². The van der Waals surface area contributed by atoms with Crippen LogP contribution in [0.15, 0.2) is 12.4 Å². The Morgan fingerprint density at radius 2 is 1.85 bits per heavy atom. The fourth-order valence-corrected chi connectivity index (χ4v) is 1.22. The second kappa shape index (κ2) is 3.73. The van der Waals surface area contributed by atoms with Gasteiger partial charge in [0.2, 0.25) is 0 Å². The van der Waals surface area contributed by atoms with Crippen molar-refractivity contribution in [2.45, 2.75) is 27.2 Å². The summed E-state index contributed by atoms with van der Waals surface area (Å²) in [6, 6.07) is 0. The zero-order valence-corrected chi connectivity index (χ0v) is 8.66. The molecule has 0 aliphatic heterocycles. The normalized spacial score (nSPS) is 11.4. The Labute approximate surface area is 79.1 Å². The first-order chi connectivity index (χ1) is 6.03. The lowest BCUT2D eigenvalue weighted by molar-refractivity contribution is 0.375. The first-order valence-corrected chi connectivity index (χ1v) is 4.36. The van der Waals surface area contributed by atoms with Crippen LogP contribution < -0.4 is 4.74 Å². The molecule has 0 unspecified atom stereocenters. The molecular formula is C10H16N2O. The quantitative estimate of drug-likeness (QED) is 0.699. The summed E-state index contributed by atoms with van der Waals surface area (Å²) in [5.74, 6) is 0.824. The third kappa shape index (κ3) is 3.01. The van der Waals surface area contributed by atoms with Gasteiger partial charge in [0, 0.05) is 5.56 Å². The van der Waals surface area contributed by atoms with Gasteiger partial charge in [0.25, 0.3) is 0 Å². The van der Waals surface area contributed by atoms with E-state index in [9.17, 15) is 0 Å². The van der Waals surface area contributed by atoms with Gasteiger partial charge in [0.05, 0.1) is 19.5 Å². The maximum Gasteiger partial charge on any atom is 0.143 e. The summed E-state index contributed by atoms with van der Waals surface area (Å²) in [5.41, 5.74) is 1.36. The fourth-order valence-electron chi connectivity index (χ4n) is 1.22. The molecular weight excluding hydrogens is 164 g/mol. The highest BCUT2D eigenvalue weighted by Crippen LogP contribution is 2.25. The minimum atomic E-state index is 0.246. The van der Waals surface area contributed by atoms with Crippen molar-refractivity contribution in [3.05, 3.63) is 18.0 Å². The molecule has 1 aromatic heterocycles. The molecule has 0 N–H and O–H groups in total. The summed E-state index contributed by atoms with van der Waals surface area (Å²) >= 11 is 0. The van der Waals surface area contributed by atoms with Crippen LogP contribution >= 0.6 is 0 Å². The first kappa shape index (κ1) is 9.96. The summed E-state index contributed by atoms with van der Waals surface area (Å²) in [6.07, 6.45) is 4.37. The number of rotatable bonds is 2. The molecule has 0 bridgehead atoms. The van der Waals surface area contributed by atoms with Crippen LogP contribution in [-0.2, 0) is 6.42 Å². The molecule has 0 aliphatic rings. The molecule has 0 radical (unpaired) electrons. The molecule has 0 aromatic carbocycles. The van der Waals surface area contributed by atoms with Crippen LogP contribution in [0.25, 0.3) is 0 Å². The third-order valence-corrected chi connectivity index (χ3v) is 1.71. The number of hydrogen-bond acceptors (Lipinski definition) is 3. The van der Waals surface area contributed by atoms with Crippen LogP contribution in [0.5, 0.6) is 5.75 Å². The Kier molecular flexibility index (Phi) is 2.86. The van der Waals surface area contributed by atoms with E-state index in [0.29, 0.717) is 0 Å². The fraction of sp³-hybridized carbons (Fsp3) is 0.600. The van der Waals surface area contributed by atoms with E-state index in [1.807, 2.05) is 0 Å². The average molecular weight is 180 g/mol. The Morgan fingerprint density at radius 3 is 2.38 bits per heavy atom. The molecule has 0 atom stereocenters. The van der Waals surface area contributed by atoms with Gasteiger partial charge < -0.3 is 4.74 Å². The second-order valence-corrected chi connectivity index (χ2v) is 4.32. The van der Waals surface area contributed by atoms with Gasteiger partial charge in [-0.3, -0.25) is 0 Å². The molecule has 0 saturated carbocycles. The largest absolute Gasteiger partial charge is 0.495 e. The van der Waals surface area contributed by atoms with Crippen LogP contribution in [0.2, 0.25) is 0 Å². The van der Waals surface area contributed by atoms with Crippen molar-refractivity contribution in [2.24, 2.45) is 5.41 Å². The Balaban J connectivity index is 2.87. The van der Waals surface area contributed by atoms with E-state index in [2.05, 4.69) is 31.0 Å². The molecule has 1 rings (SSSR count). The van der Waals surface area contributed by atoms with Gasteiger partial charge in [0.15, 0.2) is 0 Å². The molecule has 0 amide bonds. The highest BCUT2D eigenvalue weighted by Gasteiger charge is 2.14. The molecule has 0 fully saturated rings. The Hall–Kier alpha value is -1.12. The van der Waals surface area contributed by atoms with Crippen LogP contribution in [0.4, 0.5) is 0 Å². The lowest BCUT2D eigenvalue weighted by Gasteiger charge is -2.18. The van der Waals surface area contributed by atoms with Crippen molar-refractivity contribution >= 4 is 0 Å². The molecule has 0 spiro atoms. The lowest BCUT2D eigenvalue weighted by Crippen LogP contribution is -2.10. The van der Waals surface area contributed by atoms with Crippen molar-refractivity contribution in [1.29, 1.82) is 0 Å². The standard InChI is InChI=1S/C10H16N2O/c1-10(2,3)5-8-6-11-12-7-9(8)13-4/h6-7H,5H2,1-4H3. The summed E-state index contributed by atoms with van der Waals surface area (Å²) < 4.78 is 5.19. The highest BCUT2D eigenvalue weighted by atomic mass is 16.5. The van der Waals surface area contributed by atoms with E-state index in [1.54, 1.807) is 19.5 Å². The third-order valence-electron chi connectivity index (χ3n) is 1.71. The molecule has 1 heterocycles. The van der Waals surface area contributed by atoms with E-state index in [0.717, 1.165) is 17.7 Å². The lowest BCUT2D eigenvalue weighted by atomic mass is 9.89. The number of ether oxygens (including phenoxy) is 1. The summed E-state index contributed by atoms with van der Waals surface area (Å²) in [5, 5.41) is 7.62. The van der Waals surface area contributed by atoms with Crippen LogP contribution in [0.3, 0.4) is 0 Å². The summed E-state index contributed by atoms with van der Waals surface area (Å²) in [4.78, 5) is 0. The monoisotopic (exact) mass is 180 g/mol. The smallest absolute Gasteiger partial charge is 0.143 e. The topological polar surface area (TPSA) is 35.0 Å². The zero-order valence-electron chi connectivity index (χ0n) is 8.66. The van der Waals surface area contributed by atoms with Crippen molar-refractivity contribution in [3.63, 3.8) is 0 Å². The van der Waals surface area contributed by atoms with E-state index >= 15 is 0 Å². The highest BCUT2D eigenvalue weighted by molar-refractivity contribution is 5.28. The molecule has 72 valence electrons. The molecule has 0 saturated heterocycles. The predicted octanol–water partition coefficient (Wildman–Crippen LogP) is 2.07. The van der Waals surface area contributed by atoms with Crippen LogP contribution in [-0.4, -0.2) is 17.3 Å². The van der Waals surface area contributed by atoms with Crippen LogP contribution in [0.1, 0.15) is 26.3 Å². The maximum atomic E-state index is 5.19. The van der Waals surface area contributed by atoms with Crippen molar-refractivity contribution in [3.8, 4) is 5.75 Å². The Bertz CT molecular complexity index is 278. The van der Waals surface area contributed by atoms with Crippen LogP contribution in [0, 0.1) is 5.41 Å². The SMILES string of the molecule is COc1cnncc1CC(C)(C)C. The van der Waals surface area contributed by atoms with Gasteiger partial charge >= 0.3 is 0 Å². The van der Waals surface area contributed by atoms with Gasteiger partial charge in [0.1, 0.15) is 5.75 Å². The van der Waals surface area contributed by atoms with Gasteiger partial charge in [-0.25, -0.2) is 0 Å². The van der Waals surface area contributed by atoms with Gasteiger partial charge in [-0.15, -0.1) is 0 Å².